The fraction of sp³-hybridized carbons (Fsp3) is 0. The van der Waals surface area contributed by atoms with Crippen LogP contribution in [0.1, 0.15) is 5.56 Å². The molecule has 3 heteroatoms. The molecule has 2 nitrogen and oxygen atoms in total. The van der Waals surface area contributed by atoms with E-state index >= 15 is 0 Å². The third-order valence-corrected chi connectivity index (χ3v) is 3.59. The normalized spacial score (nSPS) is 11.2. The lowest BCUT2D eigenvalue weighted by Crippen LogP contribution is -1.85. The quantitative estimate of drug-likeness (QED) is 0.656. The second kappa shape index (κ2) is 5.47. The van der Waals surface area contributed by atoms with E-state index in [1.54, 1.807) is 12.3 Å². The first-order chi connectivity index (χ1) is 9.74. The van der Waals surface area contributed by atoms with Crippen molar-refractivity contribution < 1.29 is 5.11 Å². The Balaban J connectivity index is 2.08. The van der Waals surface area contributed by atoms with Gasteiger partial charge >= 0.3 is 0 Å². The number of aliphatic imine (C=N–C) groups is 1. The Kier molecular flexibility index (Phi) is 3.52. The van der Waals surface area contributed by atoms with Crippen LogP contribution in [0, 0.1) is 0 Å². The van der Waals surface area contributed by atoms with Gasteiger partial charge in [-0.1, -0.05) is 52.3 Å². The zero-order valence-corrected chi connectivity index (χ0v) is 12.2. The number of aromatic hydroxyl groups is 1. The zero-order chi connectivity index (χ0) is 13.9. The molecule has 98 valence electrons. The van der Waals surface area contributed by atoms with Crippen LogP contribution in [0.3, 0.4) is 0 Å². The van der Waals surface area contributed by atoms with Crippen LogP contribution in [0.4, 0.5) is 5.69 Å². The molecule has 0 aliphatic rings. The monoisotopic (exact) mass is 325 g/mol. The number of halogens is 1. The summed E-state index contributed by atoms with van der Waals surface area (Å²) in [5.41, 5.74) is 1.58. The highest BCUT2D eigenvalue weighted by Crippen LogP contribution is 2.26. The Labute approximate surface area is 125 Å². The number of benzene rings is 3. The first kappa shape index (κ1) is 12.9. The van der Waals surface area contributed by atoms with Crippen LogP contribution in [-0.4, -0.2) is 11.3 Å². The molecule has 0 unspecified atom stereocenters. The lowest BCUT2D eigenvalue weighted by Gasteiger charge is -2.04. The largest absolute Gasteiger partial charge is 0.507 e. The van der Waals surface area contributed by atoms with Crippen LogP contribution in [0.25, 0.3) is 10.8 Å². The molecule has 0 aliphatic heterocycles. The molecule has 0 aromatic heterocycles. The summed E-state index contributed by atoms with van der Waals surface area (Å²) in [6, 6.07) is 19.3. The number of nitrogens with zero attached hydrogens (tertiary/aromatic N) is 1. The molecule has 0 radical (unpaired) electrons. The molecule has 0 spiro atoms. The van der Waals surface area contributed by atoms with Gasteiger partial charge in [-0.25, -0.2) is 0 Å². The Morgan fingerprint density at radius 3 is 2.65 bits per heavy atom. The molecule has 20 heavy (non-hydrogen) atoms. The molecule has 3 aromatic rings. The lowest BCUT2D eigenvalue weighted by molar-refractivity contribution is 0.475. The molecule has 1 N–H and O–H groups in total. The summed E-state index contributed by atoms with van der Waals surface area (Å²) in [4.78, 5) is 4.43. The van der Waals surface area contributed by atoms with E-state index in [1.807, 2.05) is 54.6 Å². The molecule has 0 saturated heterocycles. The van der Waals surface area contributed by atoms with Crippen LogP contribution in [0.15, 0.2) is 70.1 Å². The Bertz CT molecular complexity index is 796. The summed E-state index contributed by atoms with van der Waals surface area (Å²) in [5, 5.41) is 12.1. The molecule has 0 fully saturated rings. The van der Waals surface area contributed by atoms with E-state index in [-0.39, 0.29) is 5.75 Å². The minimum atomic E-state index is 0.238. The average Bonchev–Trinajstić information content (AvgIpc) is 2.46. The SMILES string of the molecule is Oc1ccc2ccccc2c1C=Nc1cccc(Br)c1. The van der Waals surface area contributed by atoms with Crippen LogP contribution in [-0.2, 0) is 0 Å². The number of fused-ring (bicyclic) bond motifs is 1. The van der Waals surface area contributed by atoms with Gasteiger partial charge in [0.1, 0.15) is 5.75 Å². The first-order valence-corrected chi connectivity index (χ1v) is 7.04. The number of hydrogen-bond donors (Lipinski definition) is 1. The van der Waals surface area contributed by atoms with Crippen LogP contribution in [0.5, 0.6) is 5.75 Å². The van der Waals surface area contributed by atoms with E-state index in [0.29, 0.717) is 0 Å². The second-order valence-corrected chi connectivity index (χ2v) is 5.37. The Hall–Kier alpha value is -2.13. The highest BCUT2D eigenvalue weighted by molar-refractivity contribution is 9.10. The van der Waals surface area contributed by atoms with Gasteiger partial charge in [-0.2, -0.15) is 0 Å². The Morgan fingerprint density at radius 2 is 1.80 bits per heavy atom. The summed E-state index contributed by atoms with van der Waals surface area (Å²) in [6.45, 7) is 0. The maximum atomic E-state index is 10.0. The summed E-state index contributed by atoms with van der Waals surface area (Å²) in [7, 11) is 0. The van der Waals surface area contributed by atoms with Gasteiger partial charge in [0.05, 0.1) is 5.69 Å². The van der Waals surface area contributed by atoms with Crippen molar-refractivity contribution in [3.8, 4) is 5.75 Å². The highest BCUT2D eigenvalue weighted by atomic mass is 79.9. The molecule has 0 saturated carbocycles. The Morgan fingerprint density at radius 1 is 0.950 bits per heavy atom. The van der Waals surface area contributed by atoms with Crippen molar-refractivity contribution >= 4 is 38.6 Å². The van der Waals surface area contributed by atoms with Crippen molar-refractivity contribution in [2.24, 2.45) is 4.99 Å². The maximum absolute atomic E-state index is 10.0. The average molecular weight is 326 g/mol. The lowest BCUT2D eigenvalue weighted by atomic mass is 10.0. The summed E-state index contributed by atoms with van der Waals surface area (Å²) in [6.07, 6.45) is 1.71. The molecule has 0 atom stereocenters. The van der Waals surface area contributed by atoms with Crippen LogP contribution >= 0.6 is 15.9 Å². The van der Waals surface area contributed by atoms with Crippen LogP contribution < -0.4 is 0 Å². The summed E-state index contributed by atoms with van der Waals surface area (Å²) < 4.78 is 0.981. The highest BCUT2D eigenvalue weighted by Gasteiger charge is 2.04. The summed E-state index contributed by atoms with van der Waals surface area (Å²) >= 11 is 3.42. The summed E-state index contributed by atoms with van der Waals surface area (Å²) in [5.74, 6) is 0.238. The van der Waals surface area contributed by atoms with Gasteiger partial charge in [-0.15, -0.1) is 0 Å². The molecule has 0 heterocycles. The maximum Gasteiger partial charge on any atom is 0.124 e. The van der Waals surface area contributed by atoms with Crippen molar-refractivity contribution in [2.75, 3.05) is 0 Å². The molecular weight excluding hydrogens is 314 g/mol. The van der Waals surface area contributed by atoms with E-state index in [9.17, 15) is 5.11 Å². The zero-order valence-electron chi connectivity index (χ0n) is 10.6. The number of rotatable bonds is 2. The van der Waals surface area contributed by atoms with Crippen molar-refractivity contribution in [1.82, 2.24) is 0 Å². The molecule has 3 rings (SSSR count). The standard InChI is InChI=1S/C17H12BrNO/c18-13-5-3-6-14(10-13)19-11-16-15-7-2-1-4-12(15)8-9-17(16)20/h1-11,20H. The fourth-order valence-corrected chi connectivity index (χ4v) is 2.50. The van der Waals surface area contributed by atoms with Crippen molar-refractivity contribution in [3.63, 3.8) is 0 Å². The van der Waals surface area contributed by atoms with E-state index in [4.69, 9.17) is 0 Å². The third-order valence-electron chi connectivity index (χ3n) is 3.10. The topological polar surface area (TPSA) is 32.6 Å². The van der Waals surface area contributed by atoms with Gasteiger partial charge < -0.3 is 5.11 Å². The number of phenolic OH excluding ortho intramolecular Hbond substituents is 1. The van der Waals surface area contributed by atoms with Crippen molar-refractivity contribution in [3.05, 3.63) is 70.7 Å². The molecule has 3 aromatic carbocycles. The van der Waals surface area contributed by atoms with Gasteiger partial charge in [-0.05, 0) is 35.0 Å². The molecular formula is C17H12BrNO. The minimum Gasteiger partial charge on any atom is -0.507 e. The fourth-order valence-electron chi connectivity index (χ4n) is 2.12. The first-order valence-electron chi connectivity index (χ1n) is 6.24. The van der Waals surface area contributed by atoms with Gasteiger partial charge in [0.15, 0.2) is 0 Å². The molecule has 0 aliphatic carbocycles. The van der Waals surface area contributed by atoms with E-state index in [2.05, 4.69) is 20.9 Å². The van der Waals surface area contributed by atoms with E-state index < -0.39 is 0 Å². The number of hydrogen-bond acceptors (Lipinski definition) is 2. The van der Waals surface area contributed by atoms with Gasteiger partial charge in [-0.3, -0.25) is 4.99 Å². The van der Waals surface area contributed by atoms with Crippen LogP contribution in [0.2, 0.25) is 0 Å². The van der Waals surface area contributed by atoms with Gasteiger partial charge in [0.25, 0.3) is 0 Å². The molecule has 0 bridgehead atoms. The van der Waals surface area contributed by atoms with E-state index in [0.717, 1.165) is 26.5 Å². The van der Waals surface area contributed by atoms with Crippen molar-refractivity contribution in [2.45, 2.75) is 0 Å². The second-order valence-electron chi connectivity index (χ2n) is 4.46. The third kappa shape index (κ3) is 2.58. The minimum absolute atomic E-state index is 0.238. The predicted molar refractivity (Wildman–Crippen MR) is 87.0 cm³/mol. The predicted octanol–water partition coefficient (Wildman–Crippen LogP) is 5.06. The number of phenols is 1. The van der Waals surface area contributed by atoms with Crippen molar-refractivity contribution in [1.29, 1.82) is 0 Å². The van der Waals surface area contributed by atoms with Gasteiger partial charge in [0.2, 0.25) is 0 Å². The smallest absolute Gasteiger partial charge is 0.124 e. The van der Waals surface area contributed by atoms with Gasteiger partial charge in [0, 0.05) is 16.3 Å². The molecule has 0 amide bonds. The van der Waals surface area contributed by atoms with E-state index in [1.165, 1.54) is 0 Å².